The quantitative estimate of drug-likeness (QED) is 0.240. The van der Waals surface area contributed by atoms with Crippen molar-refractivity contribution in [1.82, 2.24) is 4.57 Å². The molecule has 1 atom stereocenters. The van der Waals surface area contributed by atoms with E-state index in [-0.39, 0.29) is 11.6 Å². The van der Waals surface area contributed by atoms with Crippen LogP contribution in [0.4, 0.5) is 0 Å². The number of para-hydroxylation sites is 1. The number of thiazole rings is 1. The molecule has 0 amide bonds. The Kier molecular flexibility index (Phi) is 6.31. The predicted molar refractivity (Wildman–Crippen MR) is 159 cm³/mol. The summed E-state index contributed by atoms with van der Waals surface area (Å²) in [5, 5.41) is 2.75. The lowest BCUT2D eigenvalue weighted by molar-refractivity contribution is 0.305. The van der Waals surface area contributed by atoms with E-state index < -0.39 is 0 Å². The number of aryl methyl sites for hydroxylation is 1. The van der Waals surface area contributed by atoms with Crippen LogP contribution in [-0.4, -0.2) is 4.57 Å². The van der Waals surface area contributed by atoms with Gasteiger partial charge in [0, 0.05) is 26.6 Å². The SMILES string of the molecule is O=c1/c(=C\c2ccccc2OCc2ccccc2Cl)sc2n1[C@@H](c1cccs1)C1=C(N=2)c2ccccc2CC1. The van der Waals surface area contributed by atoms with E-state index in [1.165, 1.54) is 28.0 Å². The van der Waals surface area contributed by atoms with Crippen molar-refractivity contribution in [3.63, 3.8) is 0 Å². The van der Waals surface area contributed by atoms with Crippen LogP contribution in [0.5, 0.6) is 5.75 Å². The number of nitrogens with zero attached hydrogens (tertiary/aromatic N) is 2. The van der Waals surface area contributed by atoms with E-state index in [1.54, 1.807) is 11.3 Å². The van der Waals surface area contributed by atoms with Crippen molar-refractivity contribution in [2.24, 2.45) is 4.99 Å². The van der Waals surface area contributed by atoms with E-state index in [0.717, 1.165) is 39.3 Å². The van der Waals surface area contributed by atoms with E-state index in [1.807, 2.05) is 59.2 Å². The molecule has 1 aliphatic carbocycles. The van der Waals surface area contributed by atoms with Crippen molar-refractivity contribution in [3.05, 3.63) is 148 Å². The summed E-state index contributed by atoms with van der Waals surface area (Å²) in [6.45, 7) is 0.344. The number of allylic oxidation sites excluding steroid dienone is 1. The third kappa shape index (κ3) is 4.39. The Hall–Kier alpha value is -3.71. The van der Waals surface area contributed by atoms with Gasteiger partial charge in [-0.3, -0.25) is 9.36 Å². The van der Waals surface area contributed by atoms with Gasteiger partial charge in [-0.15, -0.1) is 11.3 Å². The van der Waals surface area contributed by atoms with Crippen molar-refractivity contribution >= 4 is 46.0 Å². The van der Waals surface area contributed by atoms with E-state index in [9.17, 15) is 4.79 Å². The van der Waals surface area contributed by atoms with Crippen LogP contribution >= 0.6 is 34.3 Å². The first-order valence-corrected chi connectivity index (χ1v) is 14.9. The summed E-state index contributed by atoms with van der Waals surface area (Å²) in [6, 6.07) is 28.0. The average molecular weight is 567 g/mol. The Labute approximate surface area is 238 Å². The Balaban J connectivity index is 1.35. The van der Waals surface area contributed by atoms with Crippen molar-refractivity contribution in [2.45, 2.75) is 25.5 Å². The molecule has 39 heavy (non-hydrogen) atoms. The van der Waals surface area contributed by atoms with Gasteiger partial charge < -0.3 is 4.74 Å². The molecule has 0 saturated heterocycles. The minimum absolute atomic E-state index is 0.0246. The van der Waals surface area contributed by atoms with Gasteiger partial charge in [-0.25, -0.2) is 4.99 Å². The van der Waals surface area contributed by atoms with Gasteiger partial charge in [-0.1, -0.05) is 89.7 Å². The molecule has 7 rings (SSSR count). The molecular weight excluding hydrogens is 544 g/mol. The maximum Gasteiger partial charge on any atom is 0.271 e. The van der Waals surface area contributed by atoms with Crippen LogP contribution in [0.3, 0.4) is 0 Å². The fourth-order valence-electron chi connectivity index (χ4n) is 5.36. The average Bonchev–Trinajstić information content (AvgIpc) is 3.60. The molecule has 4 nitrogen and oxygen atoms in total. The highest BCUT2D eigenvalue weighted by atomic mass is 35.5. The van der Waals surface area contributed by atoms with Crippen molar-refractivity contribution in [3.8, 4) is 5.75 Å². The number of fused-ring (bicyclic) bond motifs is 3. The third-order valence-corrected chi connectivity index (χ3v) is 9.51. The number of ether oxygens (including phenoxy) is 1. The van der Waals surface area contributed by atoms with Gasteiger partial charge in [0.05, 0.1) is 16.3 Å². The normalized spacial score (nSPS) is 16.3. The summed E-state index contributed by atoms with van der Waals surface area (Å²) in [4.78, 5) is 21.0. The molecule has 2 aromatic heterocycles. The summed E-state index contributed by atoms with van der Waals surface area (Å²) in [5.41, 5.74) is 6.46. The van der Waals surface area contributed by atoms with Gasteiger partial charge in [0.15, 0.2) is 4.80 Å². The number of benzene rings is 3. The van der Waals surface area contributed by atoms with E-state index >= 15 is 0 Å². The highest BCUT2D eigenvalue weighted by Gasteiger charge is 2.33. The molecule has 5 aromatic rings. The van der Waals surface area contributed by atoms with Crippen LogP contribution in [0, 0.1) is 0 Å². The molecule has 192 valence electrons. The zero-order valence-electron chi connectivity index (χ0n) is 20.8. The fourth-order valence-corrected chi connectivity index (χ4v) is 7.39. The summed E-state index contributed by atoms with van der Waals surface area (Å²) in [6.07, 6.45) is 3.77. The molecular formula is C32H23ClN2O2S2. The highest BCUT2D eigenvalue weighted by Crippen LogP contribution is 2.42. The molecule has 7 heteroatoms. The predicted octanol–water partition coefficient (Wildman–Crippen LogP) is 6.61. The zero-order chi connectivity index (χ0) is 26.3. The van der Waals surface area contributed by atoms with Crippen LogP contribution in [-0.2, 0) is 13.0 Å². The van der Waals surface area contributed by atoms with Crippen LogP contribution in [0.2, 0.25) is 5.02 Å². The monoisotopic (exact) mass is 566 g/mol. The molecule has 3 heterocycles. The second kappa shape index (κ2) is 10.1. The number of thiophene rings is 1. The molecule has 0 spiro atoms. The zero-order valence-corrected chi connectivity index (χ0v) is 23.2. The molecule has 0 N–H and O–H groups in total. The van der Waals surface area contributed by atoms with E-state index in [2.05, 4.69) is 41.8 Å². The number of hydrogen-bond acceptors (Lipinski definition) is 5. The molecule has 0 fully saturated rings. The molecule has 0 saturated carbocycles. The van der Waals surface area contributed by atoms with Crippen molar-refractivity contribution in [2.75, 3.05) is 0 Å². The number of aromatic nitrogens is 1. The lowest BCUT2D eigenvalue weighted by atomic mass is 9.85. The Morgan fingerprint density at radius 1 is 0.974 bits per heavy atom. The summed E-state index contributed by atoms with van der Waals surface area (Å²) < 4.78 is 8.69. The lowest BCUT2D eigenvalue weighted by Gasteiger charge is -2.30. The Morgan fingerprint density at radius 3 is 2.67 bits per heavy atom. The molecule has 2 aliphatic rings. The Morgan fingerprint density at radius 2 is 1.79 bits per heavy atom. The van der Waals surface area contributed by atoms with Crippen LogP contribution in [0.1, 0.15) is 39.6 Å². The third-order valence-electron chi connectivity index (χ3n) is 7.23. The van der Waals surface area contributed by atoms with Crippen molar-refractivity contribution < 1.29 is 4.74 Å². The second-order valence-electron chi connectivity index (χ2n) is 9.55. The summed E-state index contributed by atoms with van der Waals surface area (Å²) >= 11 is 9.46. The maximum atomic E-state index is 14.0. The molecule has 3 aromatic carbocycles. The minimum Gasteiger partial charge on any atom is -0.488 e. The van der Waals surface area contributed by atoms with Crippen LogP contribution in [0.15, 0.2) is 106 Å². The topological polar surface area (TPSA) is 43.6 Å². The minimum atomic E-state index is -0.140. The van der Waals surface area contributed by atoms with Gasteiger partial charge in [0.2, 0.25) is 0 Å². The summed E-state index contributed by atoms with van der Waals surface area (Å²) in [5.74, 6) is 0.700. The van der Waals surface area contributed by atoms with Crippen LogP contribution < -0.4 is 19.6 Å². The first-order valence-electron chi connectivity index (χ1n) is 12.8. The van der Waals surface area contributed by atoms with Crippen molar-refractivity contribution in [1.29, 1.82) is 0 Å². The summed E-state index contributed by atoms with van der Waals surface area (Å²) in [7, 11) is 0. The number of rotatable bonds is 5. The number of hydrogen-bond donors (Lipinski definition) is 0. The molecule has 0 bridgehead atoms. The van der Waals surface area contributed by atoms with Gasteiger partial charge >= 0.3 is 0 Å². The second-order valence-corrected chi connectivity index (χ2v) is 11.9. The maximum absolute atomic E-state index is 14.0. The first-order chi connectivity index (χ1) is 19.2. The Bertz CT molecular complexity index is 1920. The standard InChI is InChI=1S/C32H23ClN2O2S2/c33-25-12-5-2-10-22(25)19-37-26-13-6-3-9-21(26)18-28-31(36)35-30(27-14-7-17-38-27)24-16-15-20-8-1-4-11-23(20)29(24)34-32(35)39-28/h1-14,17-18,30H,15-16,19H2/b28-18+/t30-/m1/s1. The van der Waals surface area contributed by atoms with E-state index in [4.69, 9.17) is 21.3 Å². The molecule has 0 unspecified atom stereocenters. The van der Waals surface area contributed by atoms with Gasteiger partial charge in [-0.05, 0) is 53.6 Å². The highest BCUT2D eigenvalue weighted by molar-refractivity contribution is 7.10. The van der Waals surface area contributed by atoms with Gasteiger partial charge in [0.1, 0.15) is 12.4 Å². The van der Waals surface area contributed by atoms with Crippen LogP contribution in [0.25, 0.3) is 11.8 Å². The smallest absolute Gasteiger partial charge is 0.271 e. The largest absolute Gasteiger partial charge is 0.488 e. The molecule has 0 radical (unpaired) electrons. The molecule has 1 aliphatic heterocycles. The van der Waals surface area contributed by atoms with Gasteiger partial charge in [-0.2, -0.15) is 0 Å². The van der Waals surface area contributed by atoms with E-state index in [0.29, 0.717) is 21.9 Å². The number of halogens is 1. The lowest BCUT2D eigenvalue weighted by Crippen LogP contribution is -2.38. The van der Waals surface area contributed by atoms with Gasteiger partial charge in [0.25, 0.3) is 5.56 Å². The fraction of sp³-hybridized carbons (Fsp3) is 0.125. The first kappa shape index (κ1) is 24.3.